The molecule has 9 nitrogen and oxygen atoms in total. The van der Waals surface area contributed by atoms with E-state index in [9.17, 15) is 14.3 Å². The number of hydrogen-bond donors (Lipinski definition) is 2. The van der Waals surface area contributed by atoms with Crippen molar-refractivity contribution >= 4 is 16.7 Å². The maximum atomic E-state index is 13.3. The van der Waals surface area contributed by atoms with Crippen LogP contribution in [0.1, 0.15) is 24.8 Å². The third-order valence-electron chi connectivity index (χ3n) is 8.61. The molecule has 7 rings (SSSR count). The summed E-state index contributed by atoms with van der Waals surface area (Å²) in [5, 5.41) is 19.6. The summed E-state index contributed by atoms with van der Waals surface area (Å²) in [5.74, 6) is -0.343. The van der Waals surface area contributed by atoms with Crippen molar-refractivity contribution in [3.63, 3.8) is 0 Å². The third kappa shape index (κ3) is 4.62. The molecule has 2 bridgehead atoms. The molecular weight excluding hydrogens is 497 g/mol. The van der Waals surface area contributed by atoms with Gasteiger partial charge in [-0.05, 0) is 61.2 Å². The topological polar surface area (TPSA) is 91.4 Å². The number of benzene rings is 2. The lowest BCUT2D eigenvalue weighted by molar-refractivity contribution is -0.0364. The molecule has 202 valence electrons. The maximum absolute atomic E-state index is 13.3. The molecule has 2 aromatic heterocycles. The highest BCUT2D eigenvalue weighted by molar-refractivity contribution is 5.74. The SMILES string of the molecule is O=c1c2cnn(-c3ccc(F)cc3)c2ncn1CC1(O)CCN(Cc2ccc(N3CC4CC3CN4)cc2)CC1. The van der Waals surface area contributed by atoms with Crippen LogP contribution < -0.4 is 15.8 Å². The smallest absolute Gasteiger partial charge is 0.264 e. The molecular formula is C29H32FN7O2. The van der Waals surface area contributed by atoms with Crippen LogP contribution in [0.3, 0.4) is 0 Å². The summed E-state index contributed by atoms with van der Waals surface area (Å²) >= 11 is 0. The average Bonchev–Trinajstić information content (AvgIpc) is 3.69. The van der Waals surface area contributed by atoms with Gasteiger partial charge in [0.05, 0.1) is 24.0 Å². The van der Waals surface area contributed by atoms with E-state index in [0.29, 0.717) is 41.6 Å². The lowest BCUT2D eigenvalue weighted by atomic mass is 9.91. The number of piperidine rings is 1. The monoisotopic (exact) mass is 529 g/mol. The number of halogens is 1. The molecule has 2 atom stereocenters. The summed E-state index contributed by atoms with van der Waals surface area (Å²) in [6.45, 7) is 4.72. The van der Waals surface area contributed by atoms with Gasteiger partial charge in [0.1, 0.15) is 17.5 Å². The number of fused-ring (bicyclic) bond motifs is 3. The molecule has 3 saturated heterocycles. The molecule has 5 heterocycles. The number of aromatic nitrogens is 4. The zero-order chi connectivity index (χ0) is 26.6. The highest BCUT2D eigenvalue weighted by Crippen LogP contribution is 2.30. The van der Waals surface area contributed by atoms with Crippen LogP contribution in [0, 0.1) is 5.82 Å². The molecule has 0 saturated carbocycles. The minimum absolute atomic E-state index is 0.186. The second kappa shape index (κ2) is 9.55. The van der Waals surface area contributed by atoms with Gasteiger partial charge in [-0.1, -0.05) is 12.1 Å². The van der Waals surface area contributed by atoms with Gasteiger partial charge in [0.25, 0.3) is 5.56 Å². The molecule has 3 aliphatic heterocycles. The van der Waals surface area contributed by atoms with E-state index in [0.717, 1.165) is 32.7 Å². The Kier molecular flexibility index (Phi) is 5.98. The second-order valence-corrected chi connectivity index (χ2v) is 11.3. The Morgan fingerprint density at radius 3 is 2.49 bits per heavy atom. The van der Waals surface area contributed by atoms with Gasteiger partial charge in [0, 0.05) is 50.5 Å². The number of piperazine rings is 1. The van der Waals surface area contributed by atoms with Crippen LogP contribution in [-0.4, -0.2) is 73.2 Å². The minimum atomic E-state index is -0.977. The maximum Gasteiger partial charge on any atom is 0.264 e. The molecule has 2 unspecified atom stereocenters. The van der Waals surface area contributed by atoms with Crippen molar-refractivity contribution < 1.29 is 9.50 Å². The number of nitrogens with zero attached hydrogens (tertiary/aromatic N) is 6. The van der Waals surface area contributed by atoms with E-state index in [1.807, 2.05) is 0 Å². The van der Waals surface area contributed by atoms with Crippen LogP contribution in [0.25, 0.3) is 16.7 Å². The average molecular weight is 530 g/mol. The fourth-order valence-electron chi connectivity index (χ4n) is 6.36. The number of aliphatic hydroxyl groups is 1. The quantitative estimate of drug-likeness (QED) is 0.396. The highest BCUT2D eigenvalue weighted by Gasteiger charge is 2.37. The fraction of sp³-hybridized carbons (Fsp3) is 0.414. The van der Waals surface area contributed by atoms with Gasteiger partial charge in [0.15, 0.2) is 5.65 Å². The molecule has 39 heavy (non-hydrogen) atoms. The first-order chi connectivity index (χ1) is 18.9. The van der Waals surface area contributed by atoms with Gasteiger partial charge in [0.2, 0.25) is 0 Å². The van der Waals surface area contributed by atoms with E-state index in [-0.39, 0.29) is 17.9 Å². The van der Waals surface area contributed by atoms with Gasteiger partial charge < -0.3 is 15.3 Å². The largest absolute Gasteiger partial charge is 0.388 e. The fourth-order valence-corrected chi connectivity index (χ4v) is 6.36. The Labute approximate surface area is 225 Å². The zero-order valence-corrected chi connectivity index (χ0v) is 21.7. The van der Waals surface area contributed by atoms with Gasteiger partial charge in [-0.25, -0.2) is 14.1 Å². The van der Waals surface area contributed by atoms with Crippen molar-refractivity contribution in [2.45, 2.75) is 50.0 Å². The number of likely N-dealkylation sites (tertiary alicyclic amines) is 1. The van der Waals surface area contributed by atoms with Crippen molar-refractivity contribution in [2.75, 3.05) is 31.1 Å². The Hall–Kier alpha value is -3.60. The van der Waals surface area contributed by atoms with Crippen molar-refractivity contribution in [1.82, 2.24) is 29.5 Å². The molecule has 2 aromatic carbocycles. The van der Waals surface area contributed by atoms with Crippen molar-refractivity contribution in [3.05, 3.63) is 82.8 Å². The standard InChI is InChI=1S/C29H32FN7O2/c30-21-3-7-24(8-4-21)37-27-26(15-33-37)28(38)35(19-32-27)18-29(39)9-11-34(12-10-29)16-20-1-5-23(6-2-20)36-17-22-13-25(36)14-31-22/h1-8,15,19,22,25,31,39H,9-14,16-18H2. The first-order valence-electron chi connectivity index (χ1n) is 13.7. The summed E-state index contributed by atoms with van der Waals surface area (Å²) in [7, 11) is 0. The number of nitrogens with one attached hydrogen (secondary N) is 1. The molecule has 3 aliphatic rings. The van der Waals surface area contributed by atoms with Crippen LogP contribution in [0.2, 0.25) is 0 Å². The van der Waals surface area contributed by atoms with Crippen LogP contribution in [-0.2, 0) is 13.1 Å². The summed E-state index contributed by atoms with van der Waals surface area (Å²) < 4.78 is 16.3. The molecule has 0 spiro atoms. The van der Waals surface area contributed by atoms with Gasteiger partial charge >= 0.3 is 0 Å². The van der Waals surface area contributed by atoms with Crippen LogP contribution >= 0.6 is 0 Å². The van der Waals surface area contributed by atoms with E-state index >= 15 is 0 Å². The van der Waals surface area contributed by atoms with E-state index < -0.39 is 5.60 Å². The molecule has 0 radical (unpaired) electrons. The molecule has 0 aliphatic carbocycles. The zero-order valence-electron chi connectivity index (χ0n) is 21.7. The number of anilines is 1. The molecule has 2 N–H and O–H groups in total. The predicted molar refractivity (Wildman–Crippen MR) is 147 cm³/mol. The van der Waals surface area contributed by atoms with E-state index in [1.54, 1.807) is 12.1 Å². The van der Waals surface area contributed by atoms with E-state index in [1.165, 1.54) is 51.6 Å². The van der Waals surface area contributed by atoms with E-state index in [4.69, 9.17) is 0 Å². The van der Waals surface area contributed by atoms with Crippen LogP contribution in [0.5, 0.6) is 0 Å². The summed E-state index contributed by atoms with van der Waals surface area (Å²) in [6, 6.07) is 16.1. The molecule has 0 amide bonds. The highest BCUT2D eigenvalue weighted by atomic mass is 19.1. The van der Waals surface area contributed by atoms with Crippen molar-refractivity contribution in [2.24, 2.45) is 0 Å². The van der Waals surface area contributed by atoms with Gasteiger partial charge in [-0.3, -0.25) is 14.3 Å². The molecule has 3 fully saturated rings. The summed E-state index contributed by atoms with van der Waals surface area (Å²) in [4.78, 5) is 22.5. The van der Waals surface area contributed by atoms with Gasteiger partial charge in [-0.2, -0.15) is 5.10 Å². The Morgan fingerprint density at radius 1 is 1.05 bits per heavy atom. The first-order valence-corrected chi connectivity index (χ1v) is 13.7. The Bertz CT molecular complexity index is 1540. The number of rotatable bonds is 6. The predicted octanol–water partition coefficient (Wildman–Crippen LogP) is 2.30. The Morgan fingerprint density at radius 2 is 1.79 bits per heavy atom. The third-order valence-corrected chi connectivity index (χ3v) is 8.61. The lowest BCUT2D eigenvalue weighted by Gasteiger charge is -2.38. The minimum Gasteiger partial charge on any atom is -0.388 e. The summed E-state index contributed by atoms with van der Waals surface area (Å²) in [5.41, 5.74) is 2.39. The molecule has 10 heteroatoms. The first kappa shape index (κ1) is 24.4. The normalized spacial score (nSPS) is 22.7. The Balaban J connectivity index is 0.988. The van der Waals surface area contributed by atoms with Crippen molar-refractivity contribution in [3.8, 4) is 5.69 Å². The van der Waals surface area contributed by atoms with Crippen LogP contribution in [0.15, 0.2) is 65.8 Å². The number of hydrogen-bond acceptors (Lipinski definition) is 7. The van der Waals surface area contributed by atoms with E-state index in [2.05, 4.69) is 49.5 Å². The van der Waals surface area contributed by atoms with Crippen molar-refractivity contribution in [1.29, 1.82) is 0 Å². The summed E-state index contributed by atoms with van der Waals surface area (Å²) in [6.07, 6.45) is 5.35. The lowest BCUT2D eigenvalue weighted by Crippen LogP contribution is -2.47. The van der Waals surface area contributed by atoms with Crippen LogP contribution in [0.4, 0.5) is 10.1 Å². The molecule has 4 aromatic rings. The van der Waals surface area contributed by atoms with Gasteiger partial charge in [-0.15, -0.1) is 0 Å². The second-order valence-electron chi connectivity index (χ2n) is 11.3.